The lowest BCUT2D eigenvalue weighted by molar-refractivity contribution is -0.0150. The summed E-state index contributed by atoms with van der Waals surface area (Å²) >= 11 is 0. The van der Waals surface area contributed by atoms with E-state index in [0.717, 1.165) is 25.5 Å². The third-order valence-electron chi connectivity index (χ3n) is 4.33. The van der Waals surface area contributed by atoms with Crippen LogP contribution in [0.4, 0.5) is 0 Å². The van der Waals surface area contributed by atoms with Crippen LogP contribution in [0, 0.1) is 11.8 Å². The second-order valence-corrected chi connectivity index (χ2v) is 5.69. The molecule has 1 saturated heterocycles. The molecule has 1 N–H and O–H groups in total. The Morgan fingerprint density at radius 2 is 2.20 bits per heavy atom. The Kier molecular flexibility index (Phi) is 3.92. The summed E-state index contributed by atoms with van der Waals surface area (Å²) in [5.74, 6) is 1.69. The van der Waals surface area contributed by atoms with Gasteiger partial charge < -0.3 is 14.3 Å². The van der Waals surface area contributed by atoms with Crippen LogP contribution in [0.1, 0.15) is 31.4 Å². The normalized spacial score (nSPS) is 29.7. The van der Waals surface area contributed by atoms with E-state index in [1.807, 2.05) is 6.08 Å². The van der Waals surface area contributed by atoms with E-state index in [-0.39, 0.29) is 5.75 Å². The first-order valence-electron chi connectivity index (χ1n) is 7.33. The van der Waals surface area contributed by atoms with Gasteiger partial charge in [-0.1, -0.05) is 12.2 Å². The summed E-state index contributed by atoms with van der Waals surface area (Å²) in [5.41, 5.74) is -0.505. The molecule has 1 saturated carbocycles. The highest BCUT2D eigenvalue weighted by atomic mass is 16.5. The molecule has 20 heavy (non-hydrogen) atoms. The Labute approximate surface area is 118 Å². The maximum atomic E-state index is 11.2. The molecular formula is C16H20O4. The van der Waals surface area contributed by atoms with Gasteiger partial charge in [0.1, 0.15) is 11.5 Å². The molecule has 4 heteroatoms. The highest BCUT2D eigenvalue weighted by Gasteiger charge is 2.36. The van der Waals surface area contributed by atoms with Gasteiger partial charge in [-0.3, -0.25) is 0 Å². The van der Waals surface area contributed by atoms with E-state index in [9.17, 15) is 9.90 Å². The van der Waals surface area contributed by atoms with Gasteiger partial charge >= 0.3 is 5.63 Å². The van der Waals surface area contributed by atoms with Gasteiger partial charge in [-0.05, 0) is 37.5 Å². The van der Waals surface area contributed by atoms with E-state index in [0.29, 0.717) is 30.1 Å². The second kappa shape index (κ2) is 5.83. The van der Waals surface area contributed by atoms with Gasteiger partial charge in [-0.15, -0.1) is 0 Å². The molecule has 3 unspecified atom stereocenters. The minimum absolute atomic E-state index is 0.0359. The average Bonchev–Trinajstić information content (AvgIpc) is 2.81. The second-order valence-electron chi connectivity index (χ2n) is 5.69. The van der Waals surface area contributed by atoms with Crippen molar-refractivity contribution in [2.45, 2.75) is 38.2 Å². The molecule has 2 heterocycles. The van der Waals surface area contributed by atoms with E-state index in [1.165, 1.54) is 18.9 Å². The molecule has 4 nitrogen and oxygen atoms in total. The number of rotatable bonds is 3. The van der Waals surface area contributed by atoms with Crippen LogP contribution in [0.5, 0.6) is 5.75 Å². The van der Waals surface area contributed by atoms with Crippen molar-refractivity contribution in [3.05, 3.63) is 40.5 Å². The van der Waals surface area contributed by atoms with E-state index in [2.05, 4.69) is 6.08 Å². The fourth-order valence-electron chi connectivity index (χ4n) is 3.44. The van der Waals surface area contributed by atoms with Crippen LogP contribution < -0.4 is 5.63 Å². The summed E-state index contributed by atoms with van der Waals surface area (Å²) in [4.78, 5) is 11.2. The Hall–Kier alpha value is -1.55. The molecule has 3 atom stereocenters. The van der Waals surface area contributed by atoms with Crippen LogP contribution in [-0.2, 0) is 11.2 Å². The molecule has 3 rings (SSSR count). The van der Waals surface area contributed by atoms with Crippen molar-refractivity contribution < 1.29 is 14.3 Å². The van der Waals surface area contributed by atoms with Crippen molar-refractivity contribution >= 4 is 0 Å². The molecule has 0 amide bonds. The van der Waals surface area contributed by atoms with Crippen molar-refractivity contribution in [3.63, 3.8) is 0 Å². The van der Waals surface area contributed by atoms with Gasteiger partial charge in [-0.25, -0.2) is 4.79 Å². The Bertz CT molecular complexity index is 546. The summed E-state index contributed by atoms with van der Waals surface area (Å²) in [5, 5.41) is 9.36. The SMILES string of the molecule is O=c1cc(O)cc(CC=CC2CCC3OCCCC23)o1. The van der Waals surface area contributed by atoms with Gasteiger partial charge in [0, 0.05) is 19.1 Å². The molecule has 2 aliphatic rings. The molecule has 1 aliphatic carbocycles. The van der Waals surface area contributed by atoms with Crippen LogP contribution in [0.2, 0.25) is 0 Å². The molecule has 1 aromatic heterocycles. The zero-order valence-electron chi connectivity index (χ0n) is 11.5. The largest absolute Gasteiger partial charge is 0.508 e. The Morgan fingerprint density at radius 1 is 1.30 bits per heavy atom. The summed E-state index contributed by atoms with van der Waals surface area (Å²) in [6.45, 7) is 0.909. The molecule has 108 valence electrons. The van der Waals surface area contributed by atoms with Crippen LogP contribution in [0.25, 0.3) is 0 Å². The van der Waals surface area contributed by atoms with Gasteiger partial charge in [0.2, 0.25) is 0 Å². The topological polar surface area (TPSA) is 59.7 Å². The summed E-state index contributed by atoms with van der Waals surface area (Å²) in [6.07, 6.45) is 9.99. The maximum Gasteiger partial charge on any atom is 0.339 e. The number of allylic oxidation sites excluding steroid dienone is 2. The zero-order chi connectivity index (χ0) is 13.9. The third kappa shape index (κ3) is 2.96. The van der Waals surface area contributed by atoms with Crippen molar-refractivity contribution in [2.75, 3.05) is 6.61 Å². The minimum atomic E-state index is -0.505. The number of ether oxygens (including phenoxy) is 1. The predicted octanol–water partition coefficient (Wildman–Crippen LogP) is 2.65. The van der Waals surface area contributed by atoms with Gasteiger partial charge in [0.25, 0.3) is 0 Å². The fourth-order valence-corrected chi connectivity index (χ4v) is 3.44. The van der Waals surface area contributed by atoms with Crippen molar-refractivity contribution in [1.82, 2.24) is 0 Å². The van der Waals surface area contributed by atoms with E-state index in [4.69, 9.17) is 9.15 Å². The van der Waals surface area contributed by atoms with Crippen molar-refractivity contribution in [3.8, 4) is 5.75 Å². The maximum absolute atomic E-state index is 11.2. The lowest BCUT2D eigenvalue weighted by Gasteiger charge is -2.28. The van der Waals surface area contributed by atoms with Crippen LogP contribution in [-0.4, -0.2) is 17.8 Å². The molecular weight excluding hydrogens is 256 g/mol. The number of fused-ring (bicyclic) bond motifs is 1. The van der Waals surface area contributed by atoms with E-state index in [1.54, 1.807) is 0 Å². The van der Waals surface area contributed by atoms with Gasteiger partial charge in [0.15, 0.2) is 0 Å². The predicted molar refractivity (Wildman–Crippen MR) is 74.7 cm³/mol. The lowest BCUT2D eigenvalue weighted by Crippen LogP contribution is -2.27. The number of hydrogen-bond donors (Lipinski definition) is 1. The van der Waals surface area contributed by atoms with E-state index >= 15 is 0 Å². The highest BCUT2D eigenvalue weighted by Crippen LogP contribution is 2.40. The first kappa shape index (κ1) is 13.4. The minimum Gasteiger partial charge on any atom is -0.508 e. The quantitative estimate of drug-likeness (QED) is 0.862. The molecule has 0 radical (unpaired) electrons. The molecule has 0 aromatic carbocycles. The summed E-state index contributed by atoms with van der Waals surface area (Å²) < 4.78 is 10.8. The molecule has 0 spiro atoms. The molecule has 1 aliphatic heterocycles. The van der Waals surface area contributed by atoms with Crippen molar-refractivity contribution in [2.24, 2.45) is 11.8 Å². The first-order valence-corrected chi connectivity index (χ1v) is 7.33. The zero-order valence-corrected chi connectivity index (χ0v) is 11.5. The molecule has 0 bridgehead atoms. The summed E-state index contributed by atoms with van der Waals surface area (Å²) in [7, 11) is 0. The van der Waals surface area contributed by atoms with E-state index < -0.39 is 5.63 Å². The monoisotopic (exact) mass is 276 g/mol. The van der Waals surface area contributed by atoms with Crippen molar-refractivity contribution in [1.29, 1.82) is 0 Å². The smallest absolute Gasteiger partial charge is 0.339 e. The molecule has 1 aromatic rings. The number of hydrogen-bond acceptors (Lipinski definition) is 4. The average molecular weight is 276 g/mol. The van der Waals surface area contributed by atoms with Gasteiger partial charge in [-0.2, -0.15) is 0 Å². The van der Waals surface area contributed by atoms with Crippen LogP contribution in [0.3, 0.4) is 0 Å². The van der Waals surface area contributed by atoms with Crippen LogP contribution in [0.15, 0.2) is 33.5 Å². The Balaban J connectivity index is 1.61. The standard InChI is InChI=1S/C16H20O4/c17-12-9-13(20-16(18)10-12)4-1-3-11-6-7-15-14(11)5-2-8-19-15/h1,3,9-11,14-15,17H,2,4-8H2. The lowest BCUT2D eigenvalue weighted by atomic mass is 9.88. The summed E-state index contributed by atoms with van der Waals surface area (Å²) in [6, 6.07) is 2.57. The number of aromatic hydroxyl groups is 1. The van der Waals surface area contributed by atoms with Gasteiger partial charge in [0.05, 0.1) is 12.2 Å². The van der Waals surface area contributed by atoms with Crippen LogP contribution >= 0.6 is 0 Å². The first-order chi connectivity index (χ1) is 9.72. The third-order valence-corrected chi connectivity index (χ3v) is 4.33. The molecule has 2 fully saturated rings. The Morgan fingerprint density at radius 3 is 3.05 bits per heavy atom. The highest BCUT2D eigenvalue weighted by molar-refractivity contribution is 5.20. The fraction of sp³-hybridized carbons (Fsp3) is 0.562.